The van der Waals surface area contributed by atoms with E-state index in [0.29, 0.717) is 6.04 Å². The predicted molar refractivity (Wildman–Crippen MR) is 53.6 cm³/mol. The van der Waals surface area contributed by atoms with Crippen molar-refractivity contribution in [2.45, 2.75) is 32.4 Å². The number of aromatic nitrogens is 3. The molecule has 0 aliphatic heterocycles. The normalized spacial score (nSPS) is 13.1. The van der Waals surface area contributed by atoms with Gasteiger partial charge in [-0.25, -0.2) is 4.98 Å². The van der Waals surface area contributed by atoms with E-state index in [0.717, 1.165) is 25.2 Å². The number of aliphatic hydroxyl groups excluding tert-OH is 1. The van der Waals surface area contributed by atoms with E-state index in [2.05, 4.69) is 22.3 Å². The van der Waals surface area contributed by atoms with Gasteiger partial charge in [-0.1, -0.05) is 0 Å². The van der Waals surface area contributed by atoms with Crippen molar-refractivity contribution in [3.05, 3.63) is 12.2 Å². The van der Waals surface area contributed by atoms with Crippen molar-refractivity contribution >= 4 is 0 Å². The van der Waals surface area contributed by atoms with Gasteiger partial charge in [0, 0.05) is 19.7 Å². The van der Waals surface area contributed by atoms with Gasteiger partial charge in [0.2, 0.25) is 0 Å². The highest BCUT2D eigenvalue weighted by Crippen LogP contribution is 1.97. The molecule has 14 heavy (non-hydrogen) atoms. The fourth-order valence-electron chi connectivity index (χ4n) is 1.25. The van der Waals surface area contributed by atoms with Gasteiger partial charge in [0.05, 0.1) is 6.54 Å². The van der Waals surface area contributed by atoms with Crippen molar-refractivity contribution < 1.29 is 5.11 Å². The van der Waals surface area contributed by atoms with Crippen LogP contribution < -0.4 is 5.32 Å². The molecule has 80 valence electrons. The maximum atomic E-state index is 8.66. The molecular weight excluding hydrogens is 180 g/mol. The smallest absolute Gasteiger partial charge is 0.140 e. The Hall–Kier alpha value is -0.940. The van der Waals surface area contributed by atoms with Crippen LogP contribution in [0.5, 0.6) is 0 Å². The summed E-state index contributed by atoms with van der Waals surface area (Å²) in [5, 5.41) is 16.0. The zero-order valence-electron chi connectivity index (χ0n) is 8.77. The van der Waals surface area contributed by atoms with Crippen LogP contribution >= 0.6 is 0 Å². The van der Waals surface area contributed by atoms with Crippen molar-refractivity contribution in [1.82, 2.24) is 20.1 Å². The average molecular weight is 198 g/mol. The monoisotopic (exact) mass is 198 g/mol. The lowest BCUT2D eigenvalue weighted by atomic mass is 10.2. The Balaban J connectivity index is 2.23. The number of nitrogens with one attached hydrogen (secondary N) is 1. The molecular formula is C9H18N4O. The topological polar surface area (TPSA) is 63.0 Å². The summed E-state index contributed by atoms with van der Waals surface area (Å²) in [4.78, 5) is 4.11. The second-order valence-electron chi connectivity index (χ2n) is 3.45. The fraction of sp³-hybridized carbons (Fsp3) is 0.778. The molecule has 0 aromatic carbocycles. The molecule has 0 fully saturated rings. The lowest BCUT2D eigenvalue weighted by Gasteiger charge is -2.12. The van der Waals surface area contributed by atoms with Crippen molar-refractivity contribution in [2.75, 3.05) is 6.61 Å². The quantitative estimate of drug-likeness (QED) is 0.679. The number of aliphatic hydroxyl groups is 1. The van der Waals surface area contributed by atoms with Crippen molar-refractivity contribution in [1.29, 1.82) is 0 Å². The molecule has 1 heterocycles. The molecule has 1 unspecified atom stereocenters. The second-order valence-corrected chi connectivity index (χ2v) is 3.45. The molecule has 0 saturated carbocycles. The molecule has 1 aromatic rings. The van der Waals surface area contributed by atoms with Crippen LogP contribution in [-0.2, 0) is 13.6 Å². The molecule has 0 radical (unpaired) electrons. The van der Waals surface area contributed by atoms with Gasteiger partial charge >= 0.3 is 0 Å². The van der Waals surface area contributed by atoms with Gasteiger partial charge in [0.15, 0.2) is 0 Å². The van der Waals surface area contributed by atoms with Gasteiger partial charge in [-0.3, -0.25) is 4.68 Å². The van der Waals surface area contributed by atoms with E-state index in [4.69, 9.17) is 5.11 Å². The maximum Gasteiger partial charge on any atom is 0.140 e. The summed E-state index contributed by atoms with van der Waals surface area (Å²) in [6, 6.07) is 0.402. The minimum absolute atomic E-state index is 0.260. The third-order valence-corrected chi connectivity index (χ3v) is 2.21. The van der Waals surface area contributed by atoms with Crippen molar-refractivity contribution in [2.24, 2.45) is 7.05 Å². The standard InChI is InChI=1S/C9H18N4O/c1-8(4-3-5-14)10-6-9-11-7-12-13(9)2/h7-8,10,14H,3-6H2,1-2H3. The summed E-state index contributed by atoms with van der Waals surface area (Å²) in [5.41, 5.74) is 0. The summed E-state index contributed by atoms with van der Waals surface area (Å²) in [7, 11) is 1.88. The Morgan fingerprint density at radius 2 is 2.43 bits per heavy atom. The van der Waals surface area contributed by atoms with Crippen molar-refractivity contribution in [3.63, 3.8) is 0 Å². The van der Waals surface area contributed by atoms with Gasteiger partial charge in [-0.15, -0.1) is 0 Å². The van der Waals surface area contributed by atoms with Crippen LogP contribution in [0.3, 0.4) is 0 Å². The number of aryl methyl sites for hydroxylation is 1. The van der Waals surface area contributed by atoms with Gasteiger partial charge in [0.1, 0.15) is 12.2 Å². The number of hydrogen-bond acceptors (Lipinski definition) is 4. The number of nitrogens with zero attached hydrogens (tertiary/aromatic N) is 3. The molecule has 1 aromatic heterocycles. The fourth-order valence-corrected chi connectivity index (χ4v) is 1.25. The largest absolute Gasteiger partial charge is 0.396 e. The Bertz CT molecular complexity index is 261. The van der Waals surface area contributed by atoms with E-state index in [1.165, 1.54) is 0 Å². The van der Waals surface area contributed by atoms with Crippen LogP contribution in [0.2, 0.25) is 0 Å². The zero-order chi connectivity index (χ0) is 10.4. The van der Waals surface area contributed by atoms with Gasteiger partial charge < -0.3 is 10.4 Å². The summed E-state index contributed by atoms with van der Waals surface area (Å²) in [6.45, 7) is 3.09. The minimum Gasteiger partial charge on any atom is -0.396 e. The van der Waals surface area contributed by atoms with Gasteiger partial charge in [0.25, 0.3) is 0 Å². The highest BCUT2D eigenvalue weighted by atomic mass is 16.2. The number of rotatable bonds is 6. The Labute approximate surface area is 84.2 Å². The molecule has 5 heteroatoms. The predicted octanol–water partition coefficient (Wildman–Crippen LogP) is 0.0657. The van der Waals surface area contributed by atoms with Crippen LogP contribution in [0.1, 0.15) is 25.6 Å². The summed E-state index contributed by atoms with van der Waals surface area (Å²) in [5.74, 6) is 0.931. The molecule has 1 rings (SSSR count). The average Bonchev–Trinajstić information content (AvgIpc) is 2.58. The zero-order valence-corrected chi connectivity index (χ0v) is 8.77. The van der Waals surface area contributed by atoms with E-state index in [1.54, 1.807) is 11.0 Å². The molecule has 0 spiro atoms. The van der Waals surface area contributed by atoms with Gasteiger partial charge in [-0.05, 0) is 19.8 Å². The van der Waals surface area contributed by atoms with Crippen LogP contribution in [0.15, 0.2) is 6.33 Å². The maximum absolute atomic E-state index is 8.66. The first-order chi connectivity index (χ1) is 6.74. The highest BCUT2D eigenvalue weighted by Gasteiger charge is 2.03. The van der Waals surface area contributed by atoms with E-state index in [9.17, 15) is 0 Å². The lowest BCUT2D eigenvalue weighted by Crippen LogP contribution is -2.27. The summed E-state index contributed by atoms with van der Waals surface area (Å²) < 4.78 is 1.76. The van der Waals surface area contributed by atoms with Crippen LogP contribution in [-0.4, -0.2) is 32.5 Å². The molecule has 0 aliphatic carbocycles. The Morgan fingerprint density at radius 1 is 1.64 bits per heavy atom. The molecule has 0 saturated heterocycles. The van der Waals surface area contributed by atoms with Crippen LogP contribution in [0.25, 0.3) is 0 Å². The summed E-state index contributed by atoms with van der Waals surface area (Å²) in [6.07, 6.45) is 3.37. The molecule has 5 nitrogen and oxygen atoms in total. The first-order valence-corrected chi connectivity index (χ1v) is 4.91. The lowest BCUT2D eigenvalue weighted by molar-refractivity contribution is 0.276. The summed E-state index contributed by atoms with van der Waals surface area (Å²) >= 11 is 0. The Kier molecular flexibility index (Phi) is 4.55. The van der Waals surface area contributed by atoms with E-state index in [1.807, 2.05) is 7.05 Å². The second kappa shape index (κ2) is 5.72. The van der Waals surface area contributed by atoms with E-state index < -0.39 is 0 Å². The van der Waals surface area contributed by atoms with Gasteiger partial charge in [-0.2, -0.15) is 5.10 Å². The molecule has 1 atom stereocenters. The molecule has 0 bridgehead atoms. The molecule has 0 amide bonds. The van der Waals surface area contributed by atoms with E-state index >= 15 is 0 Å². The SMILES string of the molecule is CC(CCCO)NCc1ncnn1C. The molecule has 2 N–H and O–H groups in total. The number of hydrogen-bond donors (Lipinski definition) is 2. The van der Waals surface area contributed by atoms with Crippen LogP contribution in [0.4, 0.5) is 0 Å². The first kappa shape index (κ1) is 11.1. The van der Waals surface area contributed by atoms with Crippen LogP contribution in [0, 0.1) is 0 Å². The highest BCUT2D eigenvalue weighted by molar-refractivity contribution is 4.82. The third kappa shape index (κ3) is 3.43. The minimum atomic E-state index is 0.260. The van der Waals surface area contributed by atoms with Crippen molar-refractivity contribution in [3.8, 4) is 0 Å². The molecule has 0 aliphatic rings. The van der Waals surface area contributed by atoms with E-state index in [-0.39, 0.29) is 6.61 Å². The Morgan fingerprint density at radius 3 is 3.00 bits per heavy atom. The third-order valence-electron chi connectivity index (χ3n) is 2.21. The first-order valence-electron chi connectivity index (χ1n) is 4.91.